The largest absolute Gasteiger partial charge is 0.480 e. The molecule has 0 saturated heterocycles. The minimum atomic E-state index is -1.18. The molecule has 4 atom stereocenters. The fraction of sp³-hybridized carbons (Fsp3) is 0.650. The monoisotopic (exact) mass is 438 g/mol. The van der Waals surface area contributed by atoms with Crippen LogP contribution < -0.4 is 21.7 Å². The Morgan fingerprint density at radius 3 is 2.32 bits per heavy atom. The van der Waals surface area contributed by atoms with Crippen molar-refractivity contribution in [2.45, 2.75) is 65.1 Å². The third-order valence-corrected chi connectivity index (χ3v) is 4.88. The number of carbonyl (C=O) groups is 4. The van der Waals surface area contributed by atoms with Crippen LogP contribution in [0.25, 0.3) is 0 Å². The third kappa shape index (κ3) is 9.16. The van der Waals surface area contributed by atoms with Crippen LogP contribution in [0.2, 0.25) is 0 Å². The Morgan fingerprint density at radius 2 is 1.81 bits per heavy atom. The van der Waals surface area contributed by atoms with Gasteiger partial charge in [-0.25, -0.2) is 4.98 Å². The van der Waals surface area contributed by atoms with Crippen molar-refractivity contribution in [3.05, 3.63) is 18.2 Å². The van der Waals surface area contributed by atoms with Gasteiger partial charge in [0.25, 0.3) is 0 Å². The number of nitrogens with two attached hydrogens (primary N) is 1. The third-order valence-electron chi connectivity index (χ3n) is 4.88. The minimum Gasteiger partial charge on any atom is -0.480 e. The first-order valence-electron chi connectivity index (χ1n) is 10.4. The van der Waals surface area contributed by atoms with E-state index in [0.717, 1.165) is 0 Å². The first-order chi connectivity index (χ1) is 14.5. The summed E-state index contributed by atoms with van der Waals surface area (Å²) in [6, 6.07) is -2.70. The summed E-state index contributed by atoms with van der Waals surface area (Å²) >= 11 is 0. The van der Waals surface area contributed by atoms with Gasteiger partial charge < -0.3 is 31.8 Å². The molecule has 1 aromatic heterocycles. The zero-order chi connectivity index (χ0) is 23.6. The Hall–Kier alpha value is -2.95. The van der Waals surface area contributed by atoms with E-state index in [9.17, 15) is 19.2 Å². The van der Waals surface area contributed by atoms with Gasteiger partial charge in [0.1, 0.15) is 18.6 Å². The van der Waals surface area contributed by atoms with Crippen molar-refractivity contribution < 1.29 is 24.3 Å². The van der Waals surface area contributed by atoms with Crippen LogP contribution in [0, 0.1) is 11.8 Å². The minimum absolute atomic E-state index is 0.0698. The van der Waals surface area contributed by atoms with Gasteiger partial charge in [-0.15, -0.1) is 0 Å². The highest BCUT2D eigenvalue weighted by Crippen LogP contribution is 2.11. The summed E-state index contributed by atoms with van der Waals surface area (Å²) in [4.78, 5) is 55.4. The Balaban J connectivity index is 2.86. The number of aliphatic carboxylic acids is 1. The summed E-state index contributed by atoms with van der Waals surface area (Å²) in [6.07, 6.45) is 4.21. The van der Waals surface area contributed by atoms with Crippen molar-refractivity contribution >= 4 is 23.7 Å². The molecule has 0 aromatic carbocycles. The van der Waals surface area contributed by atoms with Gasteiger partial charge in [-0.05, 0) is 18.3 Å². The fourth-order valence-corrected chi connectivity index (χ4v) is 2.94. The number of carbonyl (C=O) groups excluding carboxylic acids is 3. The summed E-state index contributed by atoms with van der Waals surface area (Å²) in [5, 5.41) is 16.4. The van der Waals surface area contributed by atoms with E-state index in [1.165, 1.54) is 6.33 Å². The number of nitrogens with one attached hydrogen (secondary N) is 4. The van der Waals surface area contributed by atoms with Gasteiger partial charge in [0.2, 0.25) is 17.7 Å². The predicted octanol–water partition coefficient (Wildman–Crippen LogP) is -0.458. The zero-order valence-electron chi connectivity index (χ0n) is 18.5. The van der Waals surface area contributed by atoms with Crippen molar-refractivity contribution in [1.82, 2.24) is 25.9 Å². The van der Waals surface area contributed by atoms with E-state index >= 15 is 0 Å². The Kier molecular flexibility index (Phi) is 10.7. The summed E-state index contributed by atoms with van der Waals surface area (Å²) in [6.45, 7) is 6.91. The lowest BCUT2D eigenvalue weighted by Crippen LogP contribution is -2.58. The lowest BCUT2D eigenvalue weighted by molar-refractivity contribution is -0.138. The average molecular weight is 439 g/mol. The molecule has 174 valence electrons. The molecule has 1 heterocycles. The van der Waals surface area contributed by atoms with E-state index in [1.54, 1.807) is 6.20 Å². The van der Waals surface area contributed by atoms with Crippen LogP contribution in [-0.2, 0) is 25.6 Å². The molecular weight excluding hydrogens is 404 g/mol. The second-order valence-electron chi connectivity index (χ2n) is 8.06. The molecule has 0 fully saturated rings. The lowest BCUT2D eigenvalue weighted by atomic mass is 9.96. The smallest absolute Gasteiger partial charge is 0.322 e. The lowest BCUT2D eigenvalue weighted by Gasteiger charge is -2.28. The molecule has 0 aliphatic carbocycles. The molecule has 4 unspecified atom stereocenters. The van der Waals surface area contributed by atoms with Crippen LogP contribution >= 0.6 is 0 Å². The molecule has 11 nitrogen and oxygen atoms in total. The molecule has 0 spiro atoms. The Labute approximate surface area is 181 Å². The summed E-state index contributed by atoms with van der Waals surface area (Å²) in [7, 11) is 0. The first kappa shape index (κ1) is 26.1. The standard InChI is InChI=1S/C20H34N6O5/c1-5-12(4)17(26-18(29)14(21)7-13-8-22-10-24-13)20(31)25-15(6-11(2)3)19(30)23-9-16(27)28/h8,10-12,14-15,17H,5-7,9,21H2,1-4H3,(H,22,24)(H,23,30)(H,25,31)(H,26,29)(H,27,28). The van der Waals surface area contributed by atoms with Crippen molar-refractivity contribution in [2.24, 2.45) is 17.6 Å². The maximum absolute atomic E-state index is 13.0. The second-order valence-corrected chi connectivity index (χ2v) is 8.06. The number of aromatic nitrogens is 2. The van der Waals surface area contributed by atoms with E-state index < -0.39 is 48.4 Å². The number of carboxylic acid groups (broad SMARTS) is 1. The van der Waals surface area contributed by atoms with Crippen molar-refractivity contribution in [3.63, 3.8) is 0 Å². The second kappa shape index (κ2) is 12.7. The Bertz CT molecular complexity index is 736. The molecule has 7 N–H and O–H groups in total. The van der Waals surface area contributed by atoms with Crippen molar-refractivity contribution in [2.75, 3.05) is 6.54 Å². The number of aromatic amines is 1. The molecule has 0 bridgehead atoms. The quantitative estimate of drug-likeness (QED) is 0.241. The van der Waals surface area contributed by atoms with Crippen LogP contribution in [0.5, 0.6) is 0 Å². The molecule has 31 heavy (non-hydrogen) atoms. The molecule has 11 heteroatoms. The van der Waals surface area contributed by atoms with E-state index in [0.29, 0.717) is 18.5 Å². The van der Waals surface area contributed by atoms with Gasteiger partial charge in [0.15, 0.2) is 0 Å². The topological polar surface area (TPSA) is 179 Å². The Morgan fingerprint density at radius 1 is 1.13 bits per heavy atom. The number of rotatable bonds is 13. The van der Waals surface area contributed by atoms with Crippen LogP contribution in [0.15, 0.2) is 12.5 Å². The SMILES string of the molecule is CCC(C)C(NC(=O)C(N)Cc1cnc[nH]1)C(=O)NC(CC(C)C)C(=O)NCC(=O)O. The fourth-order valence-electron chi connectivity index (χ4n) is 2.94. The van der Waals surface area contributed by atoms with Gasteiger partial charge in [0.05, 0.1) is 12.4 Å². The number of hydrogen-bond donors (Lipinski definition) is 6. The van der Waals surface area contributed by atoms with Crippen LogP contribution in [0.1, 0.15) is 46.2 Å². The summed E-state index contributed by atoms with van der Waals surface area (Å²) < 4.78 is 0. The summed E-state index contributed by atoms with van der Waals surface area (Å²) in [5.74, 6) is -2.93. The number of imidazole rings is 1. The molecule has 1 rings (SSSR count). The van der Waals surface area contributed by atoms with E-state index in [-0.39, 0.29) is 18.3 Å². The molecular formula is C20H34N6O5. The van der Waals surface area contributed by atoms with Crippen LogP contribution in [-0.4, -0.2) is 63.4 Å². The molecule has 0 saturated carbocycles. The van der Waals surface area contributed by atoms with Crippen molar-refractivity contribution in [1.29, 1.82) is 0 Å². The van der Waals surface area contributed by atoms with Gasteiger partial charge in [-0.1, -0.05) is 34.1 Å². The van der Waals surface area contributed by atoms with E-state index in [1.807, 2.05) is 27.7 Å². The maximum Gasteiger partial charge on any atom is 0.322 e. The van der Waals surface area contributed by atoms with E-state index in [4.69, 9.17) is 10.8 Å². The summed E-state index contributed by atoms with van der Waals surface area (Å²) in [5.41, 5.74) is 6.66. The normalized spacial score (nSPS) is 14.9. The molecule has 0 aliphatic rings. The number of H-pyrrole nitrogens is 1. The highest BCUT2D eigenvalue weighted by molar-refractivity contribution is 5.93. The number of carboxylic acids is 1. The van der Waals surface area contributed by atoms with Crippen LogP contribution in [0.3, 0.4) is 0 Å². The molecule has 0 radical (unpaired) electrons. The zero-order valence-corrected chi connectivity index (χ0v) is 18.5. The predicted molar refractivity (Wildman–Crippen MR) is 114 cm³/mol. The van der Waals surface area contributed by atoms with Gasteiger partial charge in [-0.3, -0.25) is 19.2 Å². The molecule has 3 amide bonds. The molecule has 1 aromatic rings. The van der Waals surface area contributed by atoms with Crippen LogP contribution in [0.4, 0.5) is 0 Å². The van der Waals surface area contributed by atoms with Gasteiger partial charge >= 0.3 is 5.97 Å². The number of hydrogen-bond acceptors (Lipinski definition) is 6. The number of nitrogens with zero attached hydrogens (tertiary/aromatic N) is 1. The maximum atomic E-state index is 13.0. The first-order valence-corrected chi connectivity index (χ1v) is 10.4. The highest BCUT2D eigenvalue weighted by atomic mass is 16.4. The van der Waals surface area contributed by atoms with Crippen molar-refractivity contribution in [3.8, 4) is 0 Å². The average Bonchev–Trinajstić information content (AvgIpc) is 3.21. The molecule has 0 aliphatic heterocycles. The van der Waals surface area contributed by atoms with Gasteiger partial charge in [-0.2, -0.15) is 0 Å². The highest BCUT2D eigenvalue weighted by Gasteiger charge is 2.31. The van der Waals surface area contributed by atoms with Gasteiger partial charge in [0, 0.05) is 18.3 Å². The number of amides is 3. The van der Waals surface area contributed by atoms with E-state index in [2.05, 4.69) is 25.9 Å².